The van der Waals surface area contributed by atoms with E-state index in [4.69, 9.17) is 5.26 Å². The maximum Gasteiger partial charge on any atom is 0.382 e. The predicted octanol–water partition coefficient (Wildman–Crippen LogP) is 2.64. The van der Waals surface area contributed by atoms with Crippen molar-refractivity contribution in [3.63, 3.8) is 0 Å². The fourth-order valence-corrected chi connectivity index (χ4v) is 1.87. The van der Waals surface area contributed by atoms with Crippen molar-refractivity contribution in [3.8, 4) is 6.07 Å². The molecule has 1 fully saturated rings. The highest BCUT2D eigenvalue weighted by atomic mass is 32.1. The van der Waals surface area contributed by atoms with Gasteiger partial charge in [0.25, 0.3) is 0 Å². The van der Waals surface area contributed by atoms with Gasteiger partial charge in [-0.1, -0.05) is 0 Å². The number of alkyl halides is 2. The predicted molar refractivity (Wildman–Crippen MR) is 43.6 cm³/mol. The van der Waals surface area contributed by atoms with Crippen molar-refractivity contribution in [2.45, 2.75) is 24.7 Å². The molecular weight excluding hydrogens is 194 g/mol. The molecule has 68 valence electrons. The molecule has 0 aliphatic heterocycles. The van der Waals surface area contributed by atoms with Gasteiger partial charge in [0.1, 0.15) is 6.07 Å². The summed E-state index contributed by atoms with van der Waals surface area (Å²) < 4.78 is 25.5. The van der Waals surface area contributed by atoms with E-state index in [2.05, 4.69) is 4.98 Å². The number of halogens is 2. The highest BCUT2D eigenvalue weighted by molar-refractivity contribution is 7.09. The van der Waals surface area contributed by atoms with E-state index in [1.807, 2.05) is 0 Å². The molecule has 1 heterocycles. The molecule has 0 amide bonds. The van der Waals surface area contributed by atoms with Crippen LogP contribution in [0.5, 0.6) is 0 Å². The molecule has 0 N–H and O–H groups in total. The zero-order valence-electron chi connectivity index (χ0n) is 6.63. The van der Waals surface area contributed by atoms with Gasteiger partial charge < -0.3 is 0 Å². The molecular formula is C8H6F2N2S. The second kappa shape index (κ2) is 2.74. The van der Waals surface area contributed by atoms with E-state index in [1.54, 1.807) is 5.38 Å². The monoisotopic (exact) mass is 200 g/mol. The van der Waals surface area contributed by atoms with E-state index in [0.29, 0.717) is 5.92 Å². The first-order valence-electron chi connectivity index (χ1n) is 3.88. The molecule has 1 aromatic heterocycles. The van der Waals surface area contributed by atoms with Crippen molar-refractivity contribution in [1.29, 1.82) is 5.26 Å². The normalized spacial score (nSPS) is 17.0. The molecule has 2 rings (SSSR count). The van der Waals surface area contributed by atoms with E-state index >= 15 is 0 Å². The van der Waals surface area contributed by atoms with Crippen LogP contribution in [0.15, 0.2) is 5.38 Å². The van der Waals surface area contributed by atoms with Crippen LogP contribution < -0.4 is 0 Å². The molecule has 0 spiro atoms. The lowest BCUT2D eigenvalue weighted by Crippen LogP contribution is -2.09. The lowest BCUT2D eigenvalue weighted by atomic mass is 10.3. The Hall–Kier alpha value is -1.02. The highest BCUT2D eigenvalue weighted by Crippen LogP contribution is 2.41. The summed E-state index contributed by atoms with van der Waals surface area (Å²) >= 11 is 0.866. The second-order valence-corrected chi connectivity index (χ2v) is 3.90. The molecule has 2 nitrogen and oxygen atoms in total. The van der Waals surface area contributed by atoms with E-state index in [-0.39, 0.29) is 5.01 Å². The van der Waals surface area contributed by atoms with Gasteiger partial charge in [0.15, 0.2) is 5.01 Å². The summed E-state index contributed by atoms with van der Waals surface area (Å²) in [5, 5.41) is 9.42. The van der Waals surface area contributed by atoms with Crippen molar-refractivity contribution in [1.82, 2.24) is 4.98 Å². The van der Waals surface area contributed by atoms with Crippen LogP contribution in [0.4, 0.5) is 8.78 Å². The van der Waals surface area contributed by atoms with Gasteiger partial charge in [0.05, 0.1) is 5.69 Å². The summed E-state index contributed by atoms with van der Waals surface area (Å²) in [6.45, 7) is 0. The standard InChI is InChI=1S/C8H6F2N2S/c9-8(10,4-11)7-12-6(3-13-7)5-1-2-5/h3,5H,1-2H2. The van der Waals surface area contributed by atoms with Gasteiger partial charge in [-0.15, -0.1) is 11.3 Å². The number of thiazole rings is 1. The Balaban J connectivity index is 2.27. The van der Waals surface area contributed by atoms with E-state index in [1.165, 1.54) is 0 Å². The molecule has 0 radical (unpaired) electrons. The van der Waals surface area contributed by atoms with Gasteiger partial charge in [-0.3, -0.25) is 0 Å². The van der Waals surface area contributed by atoms with E-state index < -0.39 is 5.92 Å². The van der Waals surface area contributed by atoms with Crippen LogP contribution in [-0.4, -0.2) is 4.98 Å². The summed E-state index contributed by atoms with van der Waals surface area (Å²) in [6.07, 6.45) is 2.06. The number of hydrogen-bond acceptors (Lipinski definition) is 3. The zero-order valence-corrected chi connectivity index (χ0v) is 7.44. The van der Waals surface area contributed by atoms with Crippen LogP contribution in [0.1, 0.15) is 29.5 Å². The quantitative estimate of drug-likeness (QED) is 0.735. The average molecular weight is 200 g/mol. The van der Waals surface area contributed by atoms with E-state index in [9.17, 15) is 8.78 Å². The average Bonchev–Trinajstić information content (AvgIpc) is 2.83. The fourth-order valence-electron chi connectivity index (χ4n) is 1.04. The van der Waals surface area contributed by atoms with Crippen LogP contribution in [0.3, 0.4) is 0 Å². The van der Waals surface area contributed by atoms with Crippen LogP contribution in [0.25, 0.3) is 0 Å². The van der Waals surface area contributed by atoms with Crippen LogP contribution in [0, 0.1) is 11.3 Å². The Labute approximate surface area is 77.8 Å². The molecule has 5 heteroatoms. The Morgan fingerprint density at radius 3 is 2.85 bits per heavy atom. The van der Waals surface area contributed by atoms with Gasteiger partial charge in [-0.2, -0.15) is 14.0 Å². The summed E-state index contributed by atoms with van der Waals surface area (Å²) in [4.78, 5) is 3.76. The first-order chi connectivity index (χ1) is 6.13. The van der Waals surface area contributed by atoms with Crippen molar-refractivity contribution >= 4 is 11.3 Å². The molecule has 0 bridgehead atoms. The first kappa shape index (κ1) is 8.57. The summed E-state index contributed by atoms with van der Waals surface area (Å²) in [5.41, 5.74) is 0.718. The largest absolute Gasteiger partial charge is 0.382 e. The summed E-state index contributed by atoms with van der Waals surface area (Å²) in [7, 11) is 0. The molecule has 1 aromatic rings. The number of hydrogen-bond donors (Lipinski definition) is 0. The van der Waals surface area contributed by atoms with Gasteiger partial charge in [-0.05, 0) is 12.8 Å². The van der Waals surface area contributed by atoms with Crippen molar-refractivity contribution in [2.75, 3.05) is 0 Å². The molecule has 0 aromatic carbocycles. The summed E-state index contributed by atoms with van der Waals surface area (Å²) in [5.74, 6) is -3.06. The molecule has 1 aliphatic carbocycles. The van der Waals surface area contributed by atoms with Gasteiger partial charge in [0, 0.05) is 11.3 Å². The van der Waals surface area contributed by atoms with Crippen molar-refractivity contribution in [3.05, 3.63) is 16.1 Å². The SMILES string of the molecule is N#CC(F)(F)c1nc(C2CC2)cs1. The maximum atomic E-state index is 12.8. The Bertz CT molecular complexity index is 362. The van der Waals surface area contributed by atoms with Crippen LogP contribution in [-0.2, 0) is 5.92 Å². The number of aromatic nitrogens is 1. The number of rotatable bonds is 2. The third kappa shape index (κ3) is 1.54. The first-order valence-corrected chi connectivity index (χ1v) is 4.76. The topological polar surface area (TPSA) is 36.7 Å². The molecule has 0 unspecified atom stereocenters. The zero-order chi connectivity index (χ0) is 9.47. The minimum atomic E-state index is -3.42. The van der Waals surface area contributed by atoms with Gasteiger partial charge in [0.2, 0.25) is 0 Å². The minimum Gasteiger partial charge on any atom is -0.239 e. The number of nitrogens with zero attached hydrogens (tertiary/aromatic N) is 2. The Kier molecular flexibility index (Phi) is 1.81. The van der Waals surface area contributed by atoms with Crippen LogP contribution in [0.2, 0.25) is 0 Å². The maximum absolute atomic E-state index is 12.8. The lowest BCUT2D eigenvalue weighted by Gasteiger charge is -2.00. The van der Waals surface area contributed by atoms with Crippen molar-refractivity contribution in [2.24, 2.45) is 0 Å². The lowest BCUT2D eigenvalue weighted by molar-refractivity contribution is 0.0608. The smallest absolute Gasteiger partial charge is 0.239 e. The van der Waals surface area contributed by atoms with Crippen molar-refractivity contribution < 1.29 is 8.78 Å². The number of nitriles is 1. The molecule has 0 saturated heterocycles. The summed E-state index contributed by atoms with van der Waals surface area (Å²) in [6, 6.07) is 0.945. The van der Waals surface area contributed by atoms with Gasteiger partial charge in [-0.25, -0.2) is 4.98 Å². The molecule has 13 heavy (non-hydrogen) atoms. The minimum absolute atomic E-state index is 0.361. The highest BCUT2D eigenvalue weighted by Gasteiger charge is 2.36. The molecule has 1 saturated carbocycles. The van der Waals surface area contributed by atoms with E-state index in [0.717, 1.165) is 35.9 Å². The second-order valence-electron chi connectivity index (χ2n) is 3.04. The molecule has 0 atom stereocenters. The Morgan fingerprint density at radius 1 is 1.62 bits per heavy atom. The Morgan fingerprint density at radius 2 is 2.31 bits per heavy atom. The third-order valence-corrected chi connectivity index (χ3v) is 2.86. The molecule has 1 aliphatic rings. The van der Waals surface area contributed by atoms with Gasteiger partial charge >= 0.3 is 5.92 Å². The third-order valence-electron chi connectivity index (χ3n) is 1.93. The fraction of sp³-hybridized carbons (Fsp3) is 0.500. The van der Waals surface area contributed by atoms with Crippen LogP contribution >= 0.6 is 11.3 Å².